The Bertz CT molecular complexity index is 1280. The normalized spacial score (nSPS) is 15.1. The molecule has 0 saturated carbocycles. The van der Waals surface area contributed by atoms with Gasteiger partial charge in [-0.15, -0.1) is 0 Å². The summed E-state index contributed by atoms with van der Waals surface area (Å²) < 4.78 is 27.8. The second-order valence-electron chi connectivity index (χ2n) is 8.84. The summed E-state index contributed by atoms with van der Waals surface area (Å²) >= 11 is 1.70. The lowest BCUT2D eigenvalue weighted by Gasteiger charge is -2.34. The molecule has 3 aromatic rings. The maximum absolute atomic E-state index is 13.0. The monoisotopic (exact) mass is 486 g/mol. The Morgan fingerprint density at radius 2 is 1.70 bits per heavy atom. The van der Waals surface area contributed by atoms with E-state index in [1.165, 1.54) is 32.3 Å². The number of rotatable bonds is 5. The number of fused-ring (bicyclic) bond motifs is 1. The molecule has 0 radical (unpaired) electrons. The molecule has 1 amide bonds. The lowest BCUT2D eigenvalue weighted by Crippen LogP contribution is -2.48. The van der Waals surface area contributed by atoms with Crippen molar-refractivity contribution in [2.24, 2.45) is 0 Å². The Morgan fingerprint density at radius 3 is 2.30 bits per heavy atom. The Kier molecular flexibility index (Phi) is 6.48. The van der Waals surface area contributed by atoms with E-state index in [4.69, 9.17) is 4.98 Å². The zero-order valence-corrected chi connectivity index (χ0v) is 21.3. The predicted molar refractivity (Wildman–Crippen MR) is 134 cm³/mol. The molecule has 0 bridgehead atoms. The van der Waals surface area contributed by atoms with Crippen LogP contribution < -0.4 is 4.90 Å². The van der Waals surface area contributed by atoms with Gasteiger partial charge in [-0.3, -0.25) is 4.79 Å². The van der Waals surface area contributed by atoms with Crippen molar-refractivity contribution in [3.8, 4) is 0 Å². The maximum Gasteiger partial charge on any atom is 0.253 e. The van der Waals surface area contributed by atoms with Crippen LogP contribution in [0.15, 0.2) is 41.3 Å². The zero-order valence-electron chi connectivity index (χ0n) is 19.7. The number of hydrogen-bond donors (Lipinski definition) is 0. The highest BCUT2D eigenvalue weighted by Crippen LogP contribution is 2.32. The summed E-state index contributed by atoms with van der Waals surface area (Å²) in [5.74, 6) is -0.0772. The molecular formula is C24H30N4O3S2. The van der Waals surface area contributed by atoms with Crippen molar-refractivity contribution in [1.29, 1.82) is 0 Å². The molecule has 0 unspecified atom stereocenters. The van der Waals surface area contributed by atoms with Crippen molar-refractivity contribution in [3.05, 3.63) is 53.1 Å². The smallest absolute Gasteiger partial charge is 0.253 e. The summed E-state index contributed by atoms with van der Waals surface area (Å²) in [5.41, 5.74) is 3.98. The third-order valence-corrected chi connectivity index (χ3v) is 9.27. The van der Waals surface area contributed by atoms with Crippen molar-refractivity contribution >= 4 is 42.6 Å². The van der Waals surface area contributed by atoms with Crippen LogP contribution >= 0.6 is 11.3 Å². The lowest BCUT2D eigenvalue weighted by atomic mass is 10.1. The number of piperazine rings is 1. The molecule has 1 aromatic heterocycles. The summed E-state index contributed by atoms with van der Waals surface area (Å²) in [4.78, 5) is 22.1. The Morgan fingerprint density at radius 1 is 1.06 bits per heavy atom. The number of aryl methyl sites for hydroxylation is 2. The highest BCUT2D eigenvalue weighted by atomic mass is 32.2. The predicted octanol–water partition coefficient (Wildman–Crippen LogP) is 3.90. The standard InChI is InChI=1S/C24H30N4O3S2/c1-16(2)26(5)33(30,31)20-8-6-19(7-9-20)23(29)27-10-12-28(13-11-27)24-25-22-18(4)14-17(3)15-21(22)32-24/h6-9,14-16H,10-13H2,1-5H3. The van der Waals surface area contributed by atoms with E-state index in [0.717, 1.165) is 23.7 Å². The number of hydrogen-bond acceptors (Lipinski definition) is 6. The fourth-order valence-electron chi connectivity index (χ4n) is 3.99. The third-order valence-electron chi connectivity index (χ3n) is 6.16. The van der Waals surface area contributed by atoms with E-state index >= 15 is 0 Å². The number of carbonyl (C=O) groups excluding carboxylic acids is 1. The van der Waals surface area contributed by atoms with Crippen LogP contribution in [-0.2, 0) is 10.0 Å². The SMILES string of the molecule is Cc1cc(C)c2nc(N3CCN(C(=O)c4ccc(S(=O)(=O)N(C)C(C)C)cc4)CC3)sc2c1. The summed E-state index contributed by atoms with van der Waals surface area (Å²) in [6.07, 6.45) is 0. The number of thiazole rings is 1. The van der Waals surface area contributed by atoms with E-state index in [1.54, 1.807) is 30.5 Å². The van der Waals surface area contributed by atoms with Crippen molar-refractivity contribution in [2.45, 2.75) is 38.6 Å². The lowest BCUT2D eigenvalue weighted by molar-refractivity contribution is 0.0746. The van der Waals surface area contributed by atoms with E-state index in [9.17, 15) is 13.2 Å². The molecular weight excluding hydrogens is 456 g/mol. The van der Waals surface area contributed by atoms with Gasteiger partial charge in [0, 0.05) is 44.8 Å². The van der Waals surface area contributed by atoms with Gasteiger partial charge in [-0.2, -0.15) is 4.31 Å². The van der Waals surface area contributed by atoms with Crippen molar-refractivity contribution in [1.82, 2.24) is 14.2 Å². The molecule has 1 fully saturated rings. The first-order valence-electron chi connectivity index (χ1n) is 11.1. The van der Waals surface area contributed by atoms with Crippen LogP contribution in [0.2, 0.25) is 0 Å². The fourth-order valence-corrected chi connectivity index (χ4v) is 6.55. The molecule has 1 aliphatic heterocycles. The molecule has 0 N–H and O–H groups in total. The highest BCUT2D eigenvalue weighted by molar-refractivity contribution is 7.89. The largest absolute Gasteiger partial charge is 0.345 e. The summed E-state index contributed by atoms with van der Waals surface area (Å²) in [6.45, 7) is 10.5. The Labute approximate surface area is 199 Å². The van der Waals surface area contributed by atoms with Crippen molar-refractivity contribution in [3.63, 3.8) is 0 Å². The van der Waals surface area contributed by atoms with E-state index in [0.29, 0.717) is 18.7 Å². The molecule has 4 rings (SSSR count). The van der Waals surface area contributed by atoms with Crippen LogP contribution in [0.5, 0.6) is 0 Å². The van der Waals surface area contributed by atoms with Gasteiger partial charge in [-0.25, -0.2) is 13.4 Å². The average molecular weight is 487 g/mol. The number of nitrogens with zero attached hydrogens (tertiary/aromatic N) is 4. The molecule has 2 aromatic carbocycles. The molecule has 33 heavy (non-hydrogen) atoms. The number of anilines is 1. The van der Waals surface area contributed by atoms with Gasteiger partial charge in [0.05, 0.1) is 15.1 Å². The van der Waals surface area contributed by atoms with Gasteiger partial charge in [-0.1, -0.05) is 17.4 Å². The molecule has 2 heterocycles. The molecule has 0 aliphatic carbocycles. The Balaban J connectivity index is 1.43. The van der Waals surface area contributed by atoms with Crippen LogP contribution in [0.3, 0.4) is 0 Å². The van der Waals surface area contributed by atoms with Gasteiger partial charge in [0.1, 0.15) is 0 Å². The van der Waals surface area contributed by atoms with E-state index in [-0.39, 0.29) is 16.8 Å². The number of benzene rings is 2. The van der Waals surface area contributed by atoms with E-state index < -0.39 is 10.0 Å². The van der Waals surface area contributed by atoms with Crippen LogP contribution in [0.25, 0.3) is 10.2 Å². The topological polar surface area (TPSA) is 73.8 Å². The fraction of sp³-hybridized carbons (Fsp3) is 0.417. The van der Waals surface area contributed by atoms with Gasteiger partial charge in [0.15, 0.2) is 5.13 Å². The van der Waals surface area contributed by atoms with Crippen LogP contribution in [0.4, 0.5) is 5.13 Å². The van der Waals surface area contributed by atoms with Gasteiger partial charge in [0.2, 0.25) is 10.0 Å². The van der Waals surface area contributed by atoms with Crippen LogP contribution in [-0.4, -0.2) is 67.8 Å². The number of amides is 1. The highest BCUT2D eigenvalue weighted by Gasteiger charge is 2.26. The Hall–Kier alpha value is -2.49. The number of sulfonamides is 1. The molecule has 9 heteroatoms. The third kappa shape index (κ3) is 4.62. The van der Waals surface area contributed by atoms with Gasteiger partial charge >= 0.3 is 0 Å². The summed E-state index contributed by atoms with van der Waals surface area (Å²) in [7, 11) is -2.00. The maximum atomic E-state index is 13.0. The minimum absolute atomic E-state index is 0.0772. The van der Waals surface area contributed by atoms with Crippen molar-refractivity contribution in [2.75, 3.05) is 38.1 Å². The quantitative estimate of drug-likeness (QED) is 0.547. The first-order chi connectivity index (χ1) is 15.6. The van der Waals surface area contributed by atoms with Gasteiger partial charge in [-0.05, 0) is 69.2 Å². The first-order valence-corrected chi connectivity index (χ1v) is 13.3. The van der Waals surface area contributed by atoms with Gasteiger partial charge < -0.3 is 9.80 Å². The minimum atomic E-state index is -3.56. The molecule has 1 aliphatic rings. The molecule has 176 valence electrons. The molecule has 7 nitrogen and oxygen atoms in total. The molecule has 0 atom stereocenters. The minimum Gasteiger partial charge on any atom is -0.345 e. The average Bonchev–Trinajstić information content (AvgIpc) is 3.22. The second kappa shape index (κ2) is 9.04. The van der Waals surface area contributed by atoms with Crippen molar-refractivity contribution < 1.29 is 13.2 Å². The summed E-state index contributed by atoms with van der Waals surface area (Å²) in [5, 5.41) is 0.995. The van der Waals surface area contributed by atoms with Crippen LogP contribution in [0, 0.1) is 13.8 Å². The number of aromatic nitrogens is 1. The molecule has 0 spiro atoms. The second-order valence-corrected chi connectivity index (χ2v) is 11.9. The van der Waals surface area contributed by atoms with E-state index in [1.807, 2.05) is 18.7 Å². The number of carbonyl (C=O) groups is 1. The zero-order chi connectivity index (χ0) is 23.9. The molecule has 1 saturated heterocycles. The summed E-state index contributed by atoms with van der Waals surface area (Å²) in [6, 6.07) is 10.4. The van der Waals surface area contributed by atoms with Crippen LogP contribution in [0.1, 0.15) is 35.3 Å². The first kappa shape index (κ1) is 23.7. The van der Waals surface area contributed by atoms with E-state index in [2.05, 4.69) is 30.9 Å². The van der Waals surface area contributed by atoms with Gasteiger partial charge in [0.25, 0.3) is 5.91 Å².